The molecule has 0 fully saturated rings. The molecule has 112 valence electrons. The first-order valence-corrected chi connectivity index (χ1v) is 8.04. The molecule has 1 aromatic carbocycles. The van der Waals surface area contributed by atoms with Gasteiger partial charge in [-0.25, -0.2) is 0 Å². The van der Waals surface area contributed by atoms with Crippen LogP contribution < -0.4 is 5.32 Å². The lowest BCUT2D eigenvalue weighted by Crippen LogP contribution is -2.39. The molecule has 21 heavy (non-hydrogen) atoms. The van der Waals surface area contributed by atoms with Crippen LogP contribution in [0.1, 0.15) is 11.8 Å². The fourth-order valence-corrected chi connectivity index (χ4v) is 3.17. The molecule has 0 aliphatic carbocycles. The molecule has 0 bridgehead atoms. The molecule has 2 rings (SSSR count). The topological polar surface area (TPSA) is 32.3 Å². The first kappa shape index (κ1) is 16.3. The molecule has 2 aromatic rings. The summed E-state index contributed by atoms with van der Waals surface area (Å²) in [6.07, 6.45) is 0. The Labute approximate surface area is 138 Å². The summed E-state index contributed by atoms with van der Waals surface area (Å²) in [5, 5.41) is 3.47. The number of likely N-dealkylation sites (N-methyl/N-ethyl adjacent to an activating group) is 1. The van der Waals surface area contributed by atoms with Crippen LogP contribution in [0.5, 0.6) is 0 Å². The number of hydrogen-bond donors (Lipinski definition) is 1. The lowest BCUT2D eigenvalue weighted by atomic mass is 10.2. The Morgan fingerprint density at radius 1 is 1.33 bits per heavy atom. The maximum absolute atomic E-state index is 12.2. The van der Waals surface area contributed by atoms with Crippen LogP contribution in [0.4, 0.5) is 5.69 Å². The van der Waals surface area contributed by atoms with Crippen molar-refractivity contribution in [1.29, 1.82) is 0 Å². The maximum atomic E-state index is 12.2. The van der Waals surface area contributed by atoms with Gasteiger partial charge < -0.3 is 5.32 Å². The zero-order chi connectivity index (χ0) is 15.4. The second kappa shape index (κ2) is 7.27. The van der Waals surface area contributed by atoms with Crippen molar-refractivity contribution >= 4 is 46.1 Å². The Balaban J connectivity index is 1.95. The van der Waals surface area contributed by atoms with E-state index in [1.807, 2.05) is 37.1 Å². The van der Waals surface area contributed by atoms with Crippen molar-refractivity contribution in [2.24, 2.45) is 0 Å². The minimum absolute atomic E-state index is 0.0672. The average Bonchev–Trinajstić information content (AvgIpc) is 2.83. The quantitative estimate of drug-likeness (QED) is 0.866. The van der Waals surface area contributed by atoms with E-state index in [0.717, 1.165) is 9.21 Å². The van der Waals surface area contributed by atoms with Crippen LogP contribution in [-0.2, 0) is 11.3 Å². The van der Waals surface area contributed by atoms with Gasteiger partial charge in [-0.3, -0.25) is 9.69 Å². The Bertz CT molecular complexity index is 630. The number of benzene rings is 1. The maximum Gasteiger partial charge on any atom is 0.241 e. The molecule has 0 radical (unpaired) electrons. The zero-order valence-electron chi connectivity index (χ0n) is 11.8. The molecule has 0 spiro atoms. The third-order valence-electron chi connectivity index (χ3n) is 3.17. The lowest BCUT2D eigenvalue weighted by Gasteiger charge is -2.23. The van der Waals surface area contributed by atoms with E-state index in [1.165, 1.54) is 11.3 Å². The first-order chi connectivity index (χ1) is 9.95. The molecule has 1 amide bonds. The number of thiophene rings is 1. The van der Waals surface area contributed by atoms with Crippen molar-refractivity contribution in [2.45, 2.75) is 19.5 Å². The molecule has 0 saturated carbocycles. The summed E-state index contributed by atoms with van der Waals surface area (Å²) in [6.45, 7) is 2.55. The van der Waals surface area contributed by atoms with E-state index in [4.69, 9.17) is 23.2 Å². The summed E-state index contributed by atoms with van der Waals surface area (Å²) in [5.74, 6) is -0.0672. The monoisotopic (exact) mass is 342 g/mol. The van der Waals surface area contributed by atoms with E-state index in [2.05, 4.69) is 5.32 Å². The van der Waals surface area contributed by atoms with Crippen LogP contribution in [0.2, 0.25) is 9.36 Å². The van der Waals surface area contributed by atoms with Crippen molar-refractivity contribution in [2.75, 3.05) is 12.4 Å². The number of halogens is 2. The number of amides is 1. The summed E-state index contributed by atoms with van der Waals surface area (Å²) in [4.78, 5) is 15.3. The molecule has 6 heteroatoms. The number of carbonyl (C=O) groups is 1. The van der Waals surface area contributed by atoms with Crippen molar-refractivity contribution in [3.63, 3.8) is 0 Å². The predicted molar refractivity (Wildman–Crippen MR) is 90.3 cm³/mol. The molecule has 1 heterocycles. The number of anilines is 1. The molecule has 3 nitrogen and oxygen atoms in total. The van der Waals surface area contributed by atoms with Crippen molar-refractivity contribution in [3.05, 3.63) is 50.6 Å². The van der Waals surface area contributed by atoms with E-state index >= 15 is 0 Å². The molecule has 1 atom stereocenters. The molecular weight excluding hydrogens is 327 g/mol. The number of rotatable bonds is 5. The fourth-order valence-electron chi connectivity index (χ4n) is 1.83. The van der Waals surface area contributed by atoms with Gasteiger partial charge in [-0.05, 0) is 44.3 Å². The van der Waals surface area contributed by atoms with Crippen LogP contribution in [-0.4, -0.2) is 23.9 Å². The molecule has 0 aliphatic heterocycles. The second-order valence-corrected chi connectivity index (χ2v) is 7.03. The summed E-state index contributed by atoms with van der Waals surface area (Å²) in [5.41, 5.74) is 0.701. The van der Waals surface area contributed by atoms with Gasteiger partial charge in [0.05, 0.1) is 10.4 Å². The number of nitrogens with one attached hydrogen (secondary N) is 1. The van der Waals surface area contributed by atoms with E-state index < -0.39 is 0 Å². The van der Waals surface area contributed by atoms with Crippen LogP contribution in [0, 0.1) is 0 Å². The number of hydrogen-bond acceptors (Lipinski definition) is 3. The van der Waals surface area contributed by atoms with E-state index in [-0.39, 0.29) is 11.9 Å². The molecular formula is C15H16Cl2N2OS. The van der Waals surface area contributed by atoms with E-state index in [0.29, 0.717) is 17.3 Å². The molecule has 1 unspecified atom stereocenters. The largest absolute Gasteiger partial charge is 0.325 e. The highest BCUT2D eigenvalue weighted by Gasteiger charge is 2.18. The molecule has 1 aromatic heterocycles. The number of carbonyl (C=O) groups excluding carboxylic acids is 1. The van der Waals surface area contributed by atoms with Crippen molar-refractivity contribution in [3.8, 4) is 0 Å². The second-order valence-electron chi connectivity index (χ2n) is 4.80. The standard InChI is InChI=1S/C15H16Cl2N2OS/c1-10(19(2)9-13-6-7-14(17)21-13)15(20)18-12-5-3-4-11(16)8-12/h3-8,10H,9H2,1-2H3,(H,18,20). The highest BCUT2D eigenvalue weighted by molar-refractivity contribution is 7.16. The third-order valence-corrected chi connectivity index (χ3v) is 4.62. The van der Waals surface area contributed by atoms with Crippen LogP contribution in [0.15, 0.2) is 36.4 Å². The Kier molecular flexibility index (Phi) is 5.65. The van der Waals surface area contributed by atoms with Crippen molar-refractivity contribution in [1.82, 2.24) is 4.90 Å². The minimum Gasteiger partial charge on any atom is -0.325 e. The third kappa shape index (κ3) is 4.71. The van der Waals surface area contributed by atoms with Crippen LogP contribution >= 0.6 is 34.5 Å². The summed E-state index contributed by atoms with van der Waals surface area (Å²) in [7, 11) is 1.91. The van der Waals surface area contributed by atoms with Gasteiger partial charge >= 0.3 is 0 Å². The summed E-state index contributed by atoms with van der Waals surface area (Å²) < 4.78 is 0.759. The first-order valence-electron chi connectivity index (χ1n) is 6.46. The van der Waals surface area contributed by atoms with Gasteiger partial charge in [0.2, 0.25) is 5.91 Å². The van der Waals surface area contributed by atoms with Gasteiger partial charge in [0.25, 0.3) is 0 Å². The van der Waals surface area contributed by atoms with Gasteiger partial charge in [0.15, 0.2) is 0 Å². The highest BCUT2D eigenvalue weighted by atomic mass is 35.5. The Morgan fingerprint density at radius 2 is 2.10 bits per heavy atom. The number of nitrogens with zero attached hydrogens (tertiary/aromatic N) is 1. The minimum atomic E-state index is -0.259. The molecule has 0 saturated heterocycles. The highest BCUT2D eigenvalue weighted by Crippen LogP contribution is 2.23. The van der Waals surface area contributed by atoms with E-state index in [1.54, 1.807) is 18.2 Å². The van der Waals surface area contributed by atoms with Gasteiger partial charge in [-0.2, -0.15) is 0 Å². The fraction of sp³-hybridized carbons (Fsp3) is 0.267. The zero-order valence-corrected chi connectivity index (χ0v) is 14.1. The van der Waals surface area contributed by atoms with Crippen molar-refractivity contribution < 1.29 is 4.79 Å². The Hall–Kier alpha value is -1.07. The molecule has 1 N–H and O–H groups in total. The van der Waals surface area contributed by atoms with Gasteiger partial charge in [-0.15, -0.1) is 11.3 Å². The van der Waals surface area contributed by atoms with E-state index in [9.17, 15) is 4.79 Å². The Morgan fingerprint density at radius 3 is 2.71 bits per heavy atom. The predicted octanol–water partition coefficient (Wildman–Crippen LogP) is 4.51. The van der Waals surface area contributed by atoms with Crippen LogP contribution in [0.3, 0.4) is 0 Å². The van der Waals surface area contributed by atoms with Gasteiger partial charge in [0, 0.05) is 22.1 Å². The normalized spacial score (nSPS) is 12.4. The average molecular weight is 343 g/mol. The molecule has 0 aliphatic rings. The lowest BCUT2D eigenvalue weighted by molar-refractivity contribution is -0.120. The van der Waals surface area contributed by atoms with Gasteiger partial charge in [0.1, 0.15) is 0 Å². The SMILES string of the molecule is CC(C(=O)Nc1cccc(Cl)c1)N(C)Cc1ccc(Cl)s1. The summed E-state index contributed by atoms with van der Waals surface area (Å²) >= 11 is 13.3. The summed E-state index contributed by atoms with van der Waals surface area (Å²) in [6, 6.07) is 10.7. The smallest absolute Gasteiger partial charge is 0.241 e. The van der Waals surface area contributed by atoms with Crippen LogP contribution in [0.25, 0.3) is 0 Å². The van der Waals surface area contributed by atoms with Gasteiger partial charge in [-0.1, -0.05) is 29.3 Å².